The van der Waals surface area contributed by atoms with E-state index in [0.29, 0.717) is 31.5 Å². The second-order valence-corrected chi connectivity index (χ2v) is 9.58. The second-order valence-electron chi connectivity index (χ2n) is 8.31. The van der Waals surface area contributed by atoms with Gasteiger partial charge in [-0.3, -0.25) is 9.59 Å². The monoisotopic (exact) mass is 402 g/mol. The Morgan fingerprint density at radius 1 is 1.29 bits per heavy atom. The Balaban J connectivity index is 1.59. The number of aryl methyl sites for hydroxylation is 1. The zero-order valence-electron chi connectivity index (χ0n) is 16.4. The van der Waals surface area contributed by atoms with E-state index in [2.05, 4.69) is 29.2 Å². The molecule has 28 heavy (non-hydrogen) atoms. The first kappa shape index (κ1) is 18.9. The molecule has 0 bridgehead atoms. The summed E-state index contributed by atoms with van der Waals surface area (Å²) in [6, 6.07) is 0.0463. The van der Waals surface area contributed by atoms with Crippen LogP contribution in [0.2, 0.25) is 0 Å². The van der Waals surface area contributed by atoms with Crippen molar-refractivity contribution in [3.05, 3.63) is 27.8 Å². The summed E-state index contributed by atoms with van der Waals surface area (Å²) >= 11 is 1.68. The third-order valence-corrected chi connectivity index (χ3v) is 6.74. The van der Waals surface area contributed by atoms with Crippen molar-refractivity contribution in [2.45, 2.75) is 51.6 Å². The van der Waals surface area contributed by atoms with E-state index in [9.17, 15) is 9.59 Å². The van der Waals surface area contributed by atoms with Crippen LogP contribution in [-0.2, 0) is 10.3 Å². The highest BCUT2D eigenvalue weighted by Gasteiger charge is 2.38. The molecule has 1 atom stereocenters. The molecule has 2 aromatic rings. The zero-order chi connectivity index (χ0) is 20.1. The van der Waals surface area contributed by atoms with Gasteiger partial charge in [0.05, 0.1) is 17.8 Å². The number of fused-ring (bicyclic) bond motifs is 1. The van der Waals surface area contributed by atoms with Crippen LogP contribution in [0.5, 0.6) is 0 Å². The molecule has 2 aliphatic heterocycles. The van der Waals surface area contributed by atoms with E-state index in [4.69, 9.17) is 5.73 Å². The summed E-state index contributed by atoms with van der Waals surface area (Å²) < 4.78 is 1.91. The summed E-state index contributed by atoms with van der Waals surface area (Å²) in [5, 5.41) is 9.05. The zero-order valence-corrected chi connectivity index (χ0v) is 17.3. The number of piperidine rings is 1. The van der Waals surface area contributed by atoms with E-state index in [1.165, 1.54) is 4.88 Å². The third kappa shape index (κ3) is 3.28. The number of aromatic nitrogens is 3. The molecule has 8 nitrogen and oxygen atoms in total. The SMILES string of the molecule is Cc1cnc(C2CC(C)(C)n3ncc(C(=O)N4CCC(C(N)=O)CC4)c3N2)s1. The van der Waals surface area contributed by atoms with Crippen LogP contribution in [0.1, 0.15) is 59.4 Å². The number of nitrogens with two attached hydrogens (primary N) is 1. The number of carbonyl (C=O) groups is 2. The van der Waals surface area contributed by atoms with Gasteiger partial charge >= 0.3 is 0 Å². The van der Waals surface area contributed by atoms with Crippen molar-refractivity contribution in [3.8, 4) is 0 Å². The predicted molar refractivity (Wildman–Crippen MR) is 107 cm³/mol. The average molecular weight is 403 g/mol. The lowest BCUT2D eigenvalue weighted by Crippen LogP contribution is -2.42. The number of anilines is 1. The highest BCUT2D eigenvalue weighted by Crippen LogP contribution is 2.41. The van der Waals surface area contributed by atoms with E-state index in [-0.39, 0.29) is 29.3 Å². The predicted octanol–water partition coefficient (Wildman–Crippen LogP) is 2.28. The molecular formula is C19H26N6O2S. The van der Waals surface area contributed by atoms with Gasteiger partial charge in [0, 0.05) is 30.1 Å². The largest absolute Gasteiger partial charge is 0.369 e. The van der Waals surface area contributed by atoms with Gasteiger partial charge in [-0.2, -0.15) is 5.10 Å². The summed E-state index contributed by atoms with van der Waals surface area (Å²) in [5.41, 5.74) is 5.74. The summed E-state index contributed by atoms with van der Waals surface area (Å²) in [7, 11) is 0. The Morgan fingerprint density at radius 3 is 2.61 bits per heavy atom. The van der Waals surface area contributed by atoms with Crippen LogP contribution in [0.3, 0.4) is 0 Å². The molecule has 2 amide bonds. The van der Waals surface area contributed by atoms with Gasteiger partial charge in [0.2, 0.25) is 5.91 Å². The lowest BCUT2D eigenvalue weighted by molar-refractivity contribution is -0.123. The van der Waals surface area contributed by atoms with E-state index in [1.54, 1.807) is 22.4 Å². The Morgan fingerprint density at radius 2 is 2.00 bits per heavy atom. The number of amides is 2. The summed E-state index contributed by atoms with van der Waals surface area (Å²) in [5.74, 6) is 0.277. The van der Waals surface area contributed by atoms with Crippen LogP contribution in [0.15, 0.2) is 12.4 Å². The van der Waals surface area contributed by atoms with E-state index >= 15 is 0 Å². The fraction of sp³-hybridized carbons (Fsp3) is 0.579. The first-order chi connectivity index (χ1) is 13.3. The van der Waals surface area contributed by atoms with E-state index in [0.717, 1.165) is 17.2 Å². The van der Waals surface area contributed by atoms with Crippen molar-refractivity contribution in [2.24, 2.45) is 11.7 Å². The minimum absolute atomic E-state index is 0.0463. The van der Waals surface area contributed by atoms with Gasteiger partial charge in [-0.25, -0.2) is 9.67 Å². The first-order valence-electron chi connectivity index (χ1n) is 9.62. The molecule has 2 aromatic heterocycles. The minimum atomic E-state index is -0.278. The molecule has 1 fully saturated rings. The van der Waals surface area contributed by atoms with Gasteiger partial charge in [-0.1, -0.05) is 0 Å². The molecule has 0 spiro atoms. The summed E-state index contributed by atoms with van der Waals surface area (Å²) in [6.45, 7) is 7.38. The number of nitrogens with one attached hydrogen (secondary N) is 1. The number of thiazole rings is 1. The minimum Gasteiger partial charge on any atom is -0.369 e. The van der Waals surface area contributed by atoms with Crippen molar-refractivity contribution < 1.29 is 9.59 Å². The Hall–Kier alpha value is -2.42. The molecule has 4 heterocycles. The molecular weight excluding hydrogens is 376 g/mol. The van der Waals surface area contributed by atoms with Crippen LogP contribution in [0.4, 0.5) is 5.82 Å². The number of rotatable bonds is 3. The third-order valence-electron chi connectivity index (χ3n) is 5.71. The van der Waals surface area contributed by atoms with Crippen LogP contribution in [0, 0.1) is 12.8 Å². The molecule has 1 saturated heterocycles. The normalized spacial score (nSPS) is 21.8. The number of hydrogen-bond donors (Lipinski definition) is 2. The molecule has 9 heteroatoms. The van der Waals surface area contributed by atoms with Crippen molar-refractivity contribution in [1.29, 1.82) is 0 Å². The van der Waals surface area contributed by atoms with Gasteiger partial charge in [0.25, 0.3) is 5.91 Å². The number of likely N-dealkylation sites (tertiary alicyclic amines) is 1. The molecule has 4 rings (SSSR count). The van der Waals surface area contributed by atoms with Gasteiger partial charge in [0.15, 0.2) is 0 Å². The first-order valence-corrected chi connectivity index (χ1v) is 10.4. The standard InChI is InChI=1S/C19H26N6O2S/c1-11-9-21-17(28-11)14-8-19(2,3)25-16(23-14)13(10-22-25)18(27)24-6-4-12(5-7-24)15(20)26/h9-10,12,14,23H,4-8H2,1-3H3,(H2,20,26). The summed E-state index contributed by atoms with van der Waals surface area (Å²) in [6.07, 6.45) is 5.61. The average Bonchev–Trinajstić information content (AvgIpc) is 3.27. The van der Waals surface area contributed by atoms with Gasteiger partial charge in [-0.15, -0.1) is 11.3 Å². The van der Waals surface area contributed by atoms with Crippen LogP contribution in [0.25, 0.3) is 0 Å². The van der Waals surface area contributed by atoms with Crippen LogP contribution < -0.4 is 11.1 Å². The molecule has 2 aliphatic rings. The van der Waals surface area contributed by atoms with Crippen molar-refractivity contribution in [1.82, 2.24) is 19.7 Å². The van der Waals surface area contributed by atoms with Crippen LogP contribution >= 0.6 is 11.3 Å². The maximum Gasteiger partial charge on any atom is 0.259 e. The highest BCUT2D eigenvalue weighted by atomic mass is 32.1. The van der Waals surface area contributed by atoms with Gasteiger partial charge in [0.1, 0.15) is 16.4 Å². The maximum atomic E-state index is 13.2. The van der Waals surface area contributed by atoms with Crippen molar-refractivity contribution in [2.75, 3.05) is 18.4 Å². The molecule has 0 aliphatic carbocycles. The topological polar surface area (TPSA) is 106 Å². The van der Waals surface area contributed by atoms with E-state index in [1.807, 2.05) is 17.8 Å². The molecule has 0 aromatic carbocycles. The smallest absolute Gasteiger partial charge is 0.259 e. The fourth-order valence-corrected chi connectivity index (χ4v) is 4.95. The van der Waals surface area contributed by atoms with Crippen molar-refractivity contribution in [3.63, 3.8) is 0 Å². The van der Waals surface area contributed by atoms with Gasteiger partial charge in [-0.05, 0) is 40.0 Å². The van der Waals surface area contributed by atoms with E-state index < -0.39 is 0 Å². The number of hydrogen-bond acceptors (Lipinski definition) is 6. The maximum absolute atomic E-state index is 13.2. The Kier molecular flexibility index (Phi) is 4.65. The lowest BCUT2D eigenvalue weighted by atomic mass is 9.92. The quantitative estimate of drug-likeness (QED) is 0.819. The van der Waals surface area contributed by atoms with Crippen LogP contribution in [-0.4, -0.2) is 44.6 Å². The molecule has 150 valence electrons. The number of primary amides is 1. The number of nitrogens with zero attached hydrogens (tertiary/aromatic N) is 4. The Labute approximate surface area is 168 Å². The fourth-order valence-electron chi connectivity index (χ4n) is 4.12. The lowest BCUT2D eigenvalue weighted by Gasteiger charge is -2.37. The van der Waals surface area contributed by atoms with Crippen molar-refractivity contribution >= 4 is 29.0 Å². The number of carbonyl (C=O) groups excluding carboxylic acids is 2. The molecule has 3 N–H and O–H groups in total. The molecule has 1 unspecified atom stereocenters. The second kappa shape index (κ2) is 6.88. The van der Waals surface area contributed by atoms with Gasteiger partial charge < -0.3 is 16.0 Å². The highest BCUT2D eigenvalue weighted by molar-refractivity contribution is 7.11. The Bertz CT molecular complexity index is 909. The molecule has 0 radical (unpaired) electrons. The molecule has 0 saturated carbocycles. The summed E-state index contributed by atoms with van der Waals surface area (Å²) in [4.78, 5) is 32.1.